The molecule has 0 aromatic carbocycles. The number of rotatable bonds is 2. The zero-order valence-corrected chi connectivity index (χ0v) is 10.2. The maximum Gasteiger partial charge on any atom is 0.152 e. The molecule has 0 fully saturated rings. The van der Waals surface area contributed by atoms with Crippen LogP contribution in [-0.4, -0.2) is 18.2 Å². The van der Waals surface area contributed by atoms with Crippen LogP contribution in [0.1, 0.15) is 5.69 Å². The van der Waals surface area contributed by atoms with Gasteiger partial charge in [-0.1, -0.05) is 19.6 Å². The van der Waals surface area contributed by atoms with Crippen molar-refractivity contribution in [2.45, 2.75) is 26.2 Å². The molecule has 2 aromatic heterocycles. The molecule has 0 aliphatic rings. The average molecular weight is 221 g/mol. The lowest BCUT2D eigenvalue weighted by atomic mass is 10.3. The molecule has 0 bridgehead atoms. The Kier molecular flexibility index (Phi) is 2.40. The van der Waals surface area contributed by atoms with Crippen LogP contribution >= 0.6 is 0 Å². The lowest BCUT2D eigenvalue weighted by Gasteiger charge is -2.10. The predicted octanol–water partition coefficient (Wildman–Crippen LogP) is 1.87. The van der Waals surface area contributed by atoms with Gasteiger partial charge in [-0.25, -0.2) is 4.98 Å². The highest BCUT2D eigenvalue weighted by molar-refractivity contribution is 6.87. The Morgan fingerprint density at radius 3 is 2.67 bits per heavy atom. The highest BCUT2D eigenvalue weighted by atomic mass is 28.3. The summed E-state index contributed by atoms with van der Waals surface area (Å²) in [6, 6.07) is 5.66. The van der Waals surface area contributed by atoms with Crippen LogP contribution in [0, 0.1) is 0 Å². The maximum absolute atomic E-state index is 8.98. The molecule has 0 radical (unpaired) electrons. The third-order valence-electron chi connectivity index (χ3n) is 2.33. The molecule has 2 rings (SSSR count). The van der Waals surface area contributed by atoms with Crippen LogP contribution in [0.4, 0.5) is 0 Å². The Morgan fingerprint density at radius 2 is 2.07 bits per heavy atom. The molecule has 0 saturated carbocycles. The summed E-state index contributed by atoms with van der Waals surface area (Å²) in [5.74, 6) is 0. The number of aliphatic hydroxyl groups excluding tert-OH is 1. The minimum absolute atomic E-state index is 0.0244. The lowest BCUT2D eigenvalue weighted by Crippen LogP contribution is -2.36. The van der Waals surface area contributed by atoms with Gasteiger partial charge in [0.15, 0.2) is 5.58 Å². The maximum atomic E-state index is 8.98. The number of pyridine rings is 1. The molecule has 0 aliphatic heterocycles. The topological polar surface area (TPSA) is 46.3 Å². The third-order valence-corrected chi connectivity index (χ3v) is 4.06. The fourth-order valence-electron chi connectivity index (χ4n) is 1.42. The summed E-state index contributed by atoms with van der Waals surface area (Å²) in [6.45, 7) is 6.68. The number of furan rings is 1. The first-order chi connectivity index (χ1) is 7.00. The van der Waals surface area contributed by atoms with Gasteiger partial charge in [-0.05, 0) is 12.1 Å². The van der Waals surface area contributed by atoms with E-state index in [9.17, 15) is 0 Å². The van der Waals surface area contributed by atoms with Crippen molar-refractivity contribution in [2.24, 2.45) is 0 Å². The molecular weight excluding hydrogens is 206 g/mol. The molecule has 1 N–H and O–H groups in total. The molecule has 0 spiro atoms. The summed E-state index contributed by atoms with van der Waals surface area (Å²) >= 11 is 0. The second-order valence-corrected chi connectivity index (χ2v) is 9.70. The van der Waals surface area contributed by atoms with Crippen molar-refractivity contribution >= 4 is 24.6 Å². The van der Waals surface area contributed by atoms with E-state index >= 15 is 0 Å². The van der Waals surface area contributed by atoms with Crippen molar-refractivity contribution in [1.29, 1.82) is 0 Å². The van der Waals surface area contributed by atoms with Crippen LogP contribution in [0.15, 0.2) is 22.6 Å². The number of nitrogens with zero attached hydrogens (tertiary/aromatic N) is 1. The summed E-state index contributed by atoms with van der Waals surface area (Å²) in [5.41, 5.74) is 2.34. The van der Waals surface area contributed by atoms with Crippen molar-refractivity contribution in [3.8, 4) is 0 Å². The monoisotopic (exact) mass is 221 g/mol. The predicted molar refractivity (Wildman–Crippen MR) is 62.9 cm³/mol. The van der Waals surface area contributed by atoms with Gasteiger partial charge in [0.2, 0.25) is 0 Å². The van der Waals surface area contributed by atoms with Crippen molar-refractivity contribution in [2.75, 3.05) is 0 Å². The summed E-state index contributed by atoms with van der Waals surface area (Å²) < 4.78 is 5.75. The van der Waals surface area contributed by atoms with Gasteiger partial charge >= 0.3 is 0 Å². The third kappa shape index (κ3) is 1.96. The van der Waals surface area contributed by atoms with Gasteiger partial charge < -0.3 is 9.52 Å². The standard InChI is InChI=1S/C11H15NO2Si/c1-15(2,3)11-6-9-10(14-11)5-4-8(7-13)12-9/h4-6,13H,7H2,1-3H3. The van der Waals surface area contributed by atoms with Gasteiger partial charge in [-0.2, -0.15) is 0 Å². The van der Waals surface area contributed by atoms with Crippen LogP contribution in [-0.2, 0) is 6.61 Å². The first-order valence-corrected chi connectivity index (χ1v) is 8.51. The molecule has 0 saturated heterocycles. The van der Waals surface area contributed by atoms with E-state index in [0.717, 1.165) is 16.5 Å². The number of aliphatic hydroxyl groups is 1. The summed E-state index contributed by atoms with van der Waals surface area (Å²) in [4.78, 5) is 4.31. The van der Waals surface area contributed by atoms with E-state index in [-0.39, 0.29) is 6.61 Å². The molecule has 15 heavy (non-hydrogen) atoms. The van der Waals surface area contributed by atoms with Crippen molar-refractivity contribution in [3.05, 3.63) is 23.9 Å². The van der Waals surface area contributed by atoms with Gasteiger partial charge in [0.1, 0.15) is 13.6 Å². The first-order valence-electron chi connectivity index (χ1n) is 5.01. The molecule has 0 atom stereocenters. The normalized spacial score (nSPS) is 12.3. The highest BCUT2D eigenvalue weighted by Gasteiger charge is 2.21. The molecule has 2 heterocycles. The van der Waals surface area contributed by atoms with Crippen LogP contribution in [0.5, 0.6) is 0 Å². The average Bonchev–Trinajstić information content (AvgIpc) is 2.59. The van der Waals surface area contributed by atoms with Crippen molar-refractivity contribution < 1.29 is 9.52 Å². The zero-order valence-electron chi connectivity index (χ0n) is 9.24. The molecule has 0 unspecified atom stereocenters. The van der Waals surface area contributed by atoms with E-state index in [1.807, 2.05) is 12.1 Å². The van der Waals surface area contributed by atoms with Crippen LogP contribution in [0.2, 0.25) is 19.6 Å². The molecule has 4 heteroatoms. The Bertz CT molecular complexity index is 485. The van der Waals surface area contributed by atoms with E-state index in [1.165, 1.54) is 0 Å². The second kappa shape index (κ2) is 3.47. The smallest absolute Gasteiger partial charge is 0.152 e. The number of fused-ring (bicyclic) bond motifs is 1. The molecule has 0 amide bonds. The van der Waals surface area contributed by atoms with E-state index in [2.05, 4.69) is 24.6 Å². The second-order valence-electron chi connectivity index (χ2n) is 4.70. The van der Waals surface area contributed by atoms with Crippen molar-refractivity contribution in [3.63, 3.8) is 0 Å². The van der Waals surface area contributed by atoms with Crippen LogP contribution in [0.3, 0.4) is 0 Å². The Labute approximate surface area is 89.8 Å². The van der Waals surface area contributed by atoms with Gasteiger partial charge in [0.05, 0.1) is 17.7 Å². The van der Waals surface area contributed by atoms with Gasteiger partial charge in [-0.15, -0.1) is 0 Å². The summed E-state index contributed by atoms with van der Waals surface area (Å²) in [6.07, 6.45) is 0. The Hall–Kier alpha value is -1.13. The lowest BCUT2D eigenvalue weighted by molar-refractivity contribution is 0.277. The van der Waals surface area contributed by atoms with Gasteiger partial charge in [0.25, 0.3) is 0 Å². The molecule has 80 valence electrons. The minimum atomic E-state index is -1.41. The van der Waals surface area contributed by atoms with E-state index in [0.29, 0.717) is 5.69 Å². The van der Waals surface area contributed by atoms with Gasteiger partial charge in [-0.3, -0.25) is 0 Å². The molecule has 0 aliphatic carbocycles. The summed E-state index contributed by atoms with van der Waals surface area (Å²) in [5, 5.41) is 10.0. The highest BCUT2D eigenvalue weighted by Crippen LogP contribution is 2.15. The Balaban J connectivity index is 2.56. The molecule has 2 aromatic rings. The molecular formula is C11H15NO2Si. The SMILES string of the molecule is C[Si](C)(C)c1cc2nc(CO)ccc2o1. The fourth-order valence-corrected chi connectivity index (χ4v) is 2.41. The number of hydrogen-bond acceptors (Lipinski definition) is 3. The molecule has 3 nitrogen and oxygen atoms in total. The number of aromatic nitrogens is 1. The van der Waals surface area contributed by atoms with Crippen LogP contribution < -0.4 is 5.38 Å². The van der Waals surface area contributed by atoms with E-state index < -0.39 is 8.07 Å². The van der Waals surface area contributed by atoms with Crippen molar-refractivity contribution in [1.82, 2.24) is 4.98 Å². The number of hydrogen-bond donors (Lipinski definition) is 1. The zero-order chi connectivity index (χ0) is 11.1. The van der Waals surface area contributed by atoms with E-state index in [1.54, 1.807) is 6.07 Å². The first kappa shape index (κ1) is 10.4. The minimum Gasteiger partial charge on any atom is -0.465 e. The summed E-state index contributed by atoms with van der Waals surface area (Å²) in [7, 11) is -1.41. The van der Waals surface area contributed by atoms with Gasteiger partial charge in [0, 0.05) is 6.07 Å². The van der Waals surface area contributed by atoms with E-state index in [4.69, 9.17) is 9.52 Å². The van der Waals surface area contributed by atoms with Crippen LogP contribution in [0.25, 0.3) is 11.1 Å². The Morgan fingerprint density at radius 1 is 1.33 bits per heavy atom. The quantitative estimate of drug-likeness (QED) is 0.787. The fraction of sp³-hybridized carbons (Fsp3) is 0.364. The largest absolute Gasteiger partial charge is 0.465 e.